The fourth-order valence-corrected chi connectivity index (χ4v) is 7.19. The first-order valence-corrected chi connectivity index (χ1v) is 23.2. The van der Waals surface area contributed by atoms with Gasteiger partial charge in [0.25, 0.3) is 0 Å². The van der Waals surface area contributed by atoms with Crippen molar-refractivity contribution in [1.29, 1.82) is 0 Å². The molecular weight excluding hydrogens is 729 g/mol. The van der Waals surface area contributed by atoms with Gasteiger partial charge in [-0.25, -0.2) is 0 Å². The maximum absolute atomic E-state index is 13.0. The molecule has 8 nitrogen and oxygen atoms in total. The Morgan fingerprint density at radius 1 is 0.466 bits per heavy atom. The molecule has 3 rings (SSSR count). The maximum Gasteiger partial charge on any atom is 0.306 e. The Morgan fingerprint density at radius 3 is 1.33 bits per heavy atom. The molecule has 0 fully saturated rings. The summed E-state index contributed by atoms with van der Waals surface area (Å²) in [5.41, 5.74) is 1.17. The number of carbonyl (C=O) groups is 2. The molecule has 326 valence electrons. The second kappa shape index (κ2) is 30.6. The molecule has 0 bridgehead atoms. The fourth-order valence-electron chi connectivity index (χ4n) is 7.19. The molecule has 8 heteroatoms. The molecule has 3 aromatic rings. The van der Waals surface area contributed by atoms with E-state index in [-0.39, 0.29) is 38.4 Å². The largest absolute Gasteiger partial charge is 0.488 e. The van der Waals surface area contributed by atoms with Crippen molar-refractivity contribution < 1.29 is 38.0 Å². The lowest BCUT2D eigenvalue weighted by Gasteiger charge is -2.23. The minimum absolute atomic E-state index is 0.164. The number of carbonyl (C=O) groups excluding carboxylic acids is 2. The van der Waals surface area contributed by atoms with E-state index in [0.717, 1.165) is 97.9 Å². The van der Waals surface area contributed by atoms with Crippen LogP contribution in [0.1, 0.15) is 169 Å². The monoisotopic (exact) mass is 807 g/mol. The Kier molecular flexibility index (Phi) is 25.9. The summed E-state index contributed by atoms with van der Waals surface area (Å²) in [4.78, 5) is 26.1. The second-order valence-corrected chi connectivity index (χ2v) is 15.9. The van der Waals surface area contributed by atoms with Crippen LogP contribution in [-0.4, -0.2) is 63.8 Å². The Bertz CT molecular complexity index is 1550. The van der Waals surface area contributed by atoms with E-state index < -0.39 is 12.2 Å². The van der Waals surface area contributed by atoms with Gasteiger partial charge in [-0.15, -0.1) is 0 Å². The van der Waals surface area contributed by atoms with Gasteiger partial charge in [0.15, 0.2) is 12.2 Å². The highest BCUT2D eigenvalue weighted by Crippen LogP contribution is 2.43. The van der Waals surface area contributed by atoms with E-state index in [1.54, 1.807) is 0 Å². The molecule has 0 aliphatic rings. The van der Waals surface area contributed by atoms with Crippen molar-refractivity contribution in [2.24, 2.45) is 0 Å². The molecule has 58 heavy (non-hydrogen) atoms. The van der Waals surface area contributed by atoms with Crippen LogP contribution < -0.4 is 9.47 Å². The summed E-state index contributed by atoms with van der Waals surface area (Å²) in [6.45, 7) is 13.1. The van der Waals surface area contributed by atoms with Gasteiger partial charge in [0, 0.05) is 47.6 Å². The van der Waals surface area contributed by atoms with Crippen molar-refractivity contribution in [3.8, 4) is 11.5 Å². The molecule has 0 amide bonds. The number of ether oxygens (including phenoxy) is 6. The van der Waals surface area contributed by atoms with E-state index in [4.69, 9.17) is 28.4 Å². The van der Waals surface area contributed by atoms with E-state index in [1.807, 2.05) is 24.3 Å². The molecule has 0 saturated heterocycles. The summed E-state index contributed by atoms with van der Waals surface area (Å²) in [5, 5.41) is 3.61. The summed E-state index contributed by atoms with van der Waals surface area (Å²) < 4.78 is 37.6. The van der Waals surface area contributed by atoms with Crippen LogP contribution in [0.3, 0.4) is 0 Å². The Labute approximate surface area is 351 Å². The van der Waals surface area contributed by atoms with Crippen molar-refractivity contribution in [2.45, 2.75) is 182 Å². The van der Waals surface area contributed by atoms with Gasteiger partial charge in [0.1, 0.15) is 24.7 Å². The van der Waals surface area contributed by atoms with Crippen LogP contribution in [0.4, 0.5) is 0 Å². The highest BCUT2D eigenvalue weighted by molar-refractivity contribution is 6.11. The number of hydrogen-bond acceptors (Lipinski definition) is 8. The standard InChI is InChI=1S/C50H78O8/c1-6-11-15-19-21-29-47(51)57-41(36-53-33-25-17-13-8-3)38-55-49-43-27-23-24-28-44(43)50(46-35-40(10-5)31-32-45(46)49)56-39-42(37-54-34-26-18-14-9-4)58-48(52)30-22-20-16-12-7-2/h23-24,27-28,31-32,35,41-42H,6-22,25-26,29-30,33-34,36-39H2,1-5H3. The number of rotatable bonds is 35. The third kappa shape index (κ3) is 18.7. The normalized spacial score (nSPS) is 12.5. The van der Waals surface area contributed by atoms with Gasteiger partial charge >= 0.3 is 11.9 Å². The van der Waals surface area contributed by atoms with Gasteiger partial charge in [-0.05, 0) is 43.7 Å². The zero-order valence-corrected chi connectivity index (χ0v) is 37.1. The quantitative estimate of drug-likeness (QED) is 0.0330. The molecule has 0 spiro atoms. The first-order valence-electron chi connectivity index (χ1n) is 23.2. The fraction of sp³-hybridized carbons (Fsp3) is 0.680. The number of benzene rings is 3. The molecule has 0 N–H and O–H groups in total. The van der Waals surface area contributed by atoms with Crippen LogP contribution in [-0.2, 0) is 35.0 Å². The predicted octanol–water partition coefficient (Wildman–Crippen LogP) is 13.1. The van der Waals surface area contributed by atoms with Crippen LogP contribution in [0.25, 0.3) is 21.5 Å². The van der Waals surface area contributed by atoms with Gasteiger partial charge in [0.2, 0.25) is 0 Å². The molecule has 0 heterocycles. The lowest BCUT2D eigenvalue weighted by molar-refractivity contribution is -0.155. The van der Waals surface area contributed by atoms with E-state index >= 15 is 0 Å². The number of esters is 2. The van der Waals surface area contributed by atoms with Crippen molar-refractivity contribution in [2.75, 3.05) is 39.6 Å². The summed E-state index contributed by atoms with van der Waals surface area (Å²) in [7, 11) is 0. The van der Waals surface area contributed by atoms with E-state index in [1.165, 1.54) is 56.9 Å². The molecule has 0 aromatic heterocycles. The highest BCUT2D eigenvalue weighted by atomic mass is 16.6. The SMILES string of the molecule is CCCCCCCC(=O)OC(COCCCCCC)COc1c2ccccc2c(OCC(COCCCCCC)OC(=O)CCCCCCC)c2cc(CC)ccc12. The summed E-state index contributed by atoms with van der Waals surface area (Å²) in [5.74, 6) is 1.02. The molecule has 0 radical (unpaired) electrons. The summed E-state index contributed by atoms with van der Waals surface area (Å²) >= 11 is 0. The maximum atomic E-state index is 13.0. The lowest BCUT2D eigenvalue weighted by Crippen LogP contribution is -2.30. The minimum atomic E-state index is -0.544. The number of unbranched alkanes of at least 4 members (excludes halogenated alkanes) is 14. The minimum Gasteiger partial charge on any atom is -0.488 e. The van der Waals surface area contributed by atoms with Gasteiger partial charge in [-0.3, -0.25) is 9.59 Å². The number of hydrogen-bond donors (Lipinski definition) is 0. The molecular formula is C50H78O8. The van der Waals surface area contributed by atoms with E-state index in [0.29, 0.717) is 31.8 Å². The van der Waals surface area contributed by atoms with Crippen molar-refractivity contribution in [3.63, 3.8) is 0 Å². The van der Waals surface area contributed by atoms with Crippen LogP contribution in [0.2, 0.25) is 0 Å². The number of fused-ring (bicyclic) bond motifs is 2. The third-order valence-corrected chi connectivity index (χ3v) is 10.7. The lowest BCUT2D eigenvalue weighted by atomic mass is 9.98. The van der Waals surface area contributed by atoms with Gasteiger partial charge in [-0.2, -0.15) is 0 Å². The zero-order valence-electron chi connectivity index (χ0n) is 37.1. The number of aryl methyl sites for hydroxylation is 1. The van der Waals surface area contributed by atoms with Crippen molar-refractivity contribution in [3.05, 3.63) is 48.0 Å². The predicted molar refractivity (Wildman–Crippen MR) is 238 cm³/mol. The second-order valence-electron chi connectivity index (χ2n) is 15.9. The molecule has 0 saturated carbocycles. The van der Waals surface area contributed by atoms with Gasteiger partial charge < -0.3 is 28.4 Å². The van der Waals surface area contributed by atoms with E-state index in [9.17, 15) is 9.59 Å². The van der Waals surface area contributed by atoms with Crippen molar-refractivity contribution in [1.82, 2.24) is 0 Å². The van der Waals surface area contributed by atoms with Crippen LogP contribution in [0, 0.1) is 0 Å². The first kappa shape index (κ1) is 49.0. The van der Waals surface area contributed by atoms with Crippen LogP contribution in [0.15, 0.2) is 42.5 Å². The smallest absolute Gasteiger partial charge is 0.306 e. The van der Waals surface area contributed by atoms with Crippen LogP contribution >= 0.6 is 0 Å². The molecule has 0 aliphatic heterocycles. The Balaban J connectivity index is 1.86. The summed E-state index contributed by atoms with van der Waals surface area (Å²) in [6, 6.07) is 14.5. The summed E-state index contributed by atoms with van der Waals surface area (Å²) in [6.07, 6.45) is 20.1. The topological polar surface area (TPSA) is 89.5 Å². The van der Waals surface area contributed by atoms with Crippen LogP contribution in [0.5, 0.6) is 11.5 Å². The molecule has 2 atom stereocenters. The molecule has 2 unspecified atom stereocenters. The van der Waals surface area contributed by atoms with E-state index in [2.05, 4.69) is 52.8 Å². The Hall–Kier alpha value is -3.36. The molecule has 3 aromatic carbocycles. The van der Waals surface area contributed by atoms with Gasteiger partial charge in [-0.1, -0.05) is 161 Å². The Morgan fingerprint density at radius 2 is 0.879 bits per heavy atom. The molecule has 0 aliphatic carbocycles. The third-order valence-electron chi connectivity index (χ3n) is 10.7. The van der Waals surface area contributed by atoms with Crippen molar-refractivity contribution >= 4 is 33.5 Å². The first-order chi connectivity index (χ1) is 28.4. The zero-order chi connectivity index (χ0) is 41.6. The average molecular weight is 807 g/mol. The highest BCUT2D eigenvalue weighted by Gasteiger charge is 2.23. The average Bonchev–Trinajstić information content (AvgIpc) is 3.23. The van der Waals surface area contributed by atoms with Gasteiger partial charge in [0.05, 0.1) is 13.2 Å².